The van der Waals surface area contributed by atoms with Crippen LogP contribution in [0.3, 0.4) is 0 Å². The molecule has 0 radical (unpaired) electrons. The Bertz CT molecular complexity index is 1000. The third-order valence-corrected chi connectivity index (χ3v) is 5.41. The second-order valence-corrected chi connectivity index (χ2v) is 7.35. The SMILES string of the molecule is COc1ccc(S(=O)(=O)NCCn2ccc(-c3ccncc3)n2)c(OC)c1. The molecule has 0 saturated heterocycles. The number of nitrogens with one attached hydrogen (secondary N) is 1. The standard InChI is InChI=1S/C18H20N4O4S/c1-25-15-3-4-18(17(13-15)26-2)27(23,24)20-10-12-22-11-7-16(21-22)14-5-8-19-9-6-14/h3-9,11,13,20H,10,12H2,1-2H3. The minimum atomic E-state index is -3.72. The zero-order valence-electron chi connectivity index (χ0n) is 15.0. The lowest BCUT2D eigenvalue weighted by molar-refractivity contribution is 0.386. The van der Waals surface area contributed by atoms with Gasteiger partial charge in [0, 0.05) is 36.8 Å². The van der Waals surface area contributed by atoms with Gasteiger partial charge in [0.1, 0.15) is 16.4 Å². The first-order valence-electron chi connectivity index (χ1n) is 8.19. The van der Waals surface area contributed by atoms with E-state index in [9.17, 15) is 8.42 Å². The summed E-state index contributed by atoms with van der Waals surface area (Å²) in [6.45, 7) is 0.581. The van der Waals surface area contributed by atoms with Crippen LogP contribution in [0.5, 0.6) is 11.5 Å². The number of aromatic nitrogens is 3. The highest BCUT2D eigenvalue weighted by atomic mass is 32.2. The van der Waals surface area contributed by atoms with E-state index in [1.165, 1.54) is 26.4 Å². The van der Waals surface area contributed by atoms with Gasteiger partial charge in [-0.2, -0.15) is 5.10 Å². The van der Waals surface area contributed by atoms with Crippen molar-refractivity contribution in [1.29, 1.82) is 0 Å². The summed E-state index contributed by atoms with van der Waals surface area (Å²) in [5.41, 5.74) is 1.75. The van der Waals surface area contributed by atoms with Crippen molar-refractivity contribution in [1.82, 2.24) is 19.5 Å². The first-order chi connectivity index (χ1) is 13.0. The van der Waals surface area contributed by atoms with Gasteiger partial charge in [0.25, 0.3) is 0 Å². The Morgan fingerprint density at radius 1 is 1.07 bits per heavy atom. The maximum Gasteiger partial charge on any atom is 0.244 e. The van der Waals surface area contributed by atoms with Crippen LogP contribution in [0.2, 0.25) is 0 Å². The Labute approximate surface area is 157 Å². The molecule has 0 aliphatic carbocycles. The summed E-state index contributed by atoms with van der Waals surface area (Å²) >= 11 is 0. The van der Waals surface area contributed by atoms with Gasteiger partial charge in [-0.25, -0.2) is 13.1 Å². The molecule has 0 amide bonds. The van der Waals surface area contributed by atoms with Crippen molar-refractivity contribution in [2.45, 2.75) is 11.4 Å². The number of sulfonamides is 1. The molecule has 2 aromatic heterocycles. The van der Waals surface area contributed by atoms with Crippen LogP contribution in [0.4, 0.5) is 0 Å². The molecule has 27 heavy (non-hydrogen) atoms. The zero-order chi connectivity index (χ0) is 19.3. The molecule has 0 bridgehead atoms. The van der Waals surface area contributed by atoms with Gasteiger partial charge in [0.2, 0.25) is 10.0 Å². The highest BCUT2D eigenvalue weighted by Gasteiger charge is 2.19. The summed E-state index contributed by atoms with van der Waals surface area (Å²) < 4.78 is 39.6. The molecule has 2 heterocycles. The fourth-order valence-electron chi connectivity index (χ4n) is 2.53. The molecule has 0 aliphatic heterocycles. The maximum absolute atomic E-state index is 12.6. The normalized spacial score (nSPS) is 11.3. The topological polar surface area (TPSA) is 95.3 Å². The van der Waals surface area contributed by atoms with E-state index in [4.69, 9.17) is 9.47 Å². The minimum Gasteiger partial charge on any atom is -0.497 e. The second-order valence-electron chi connectivity index (χ2n) is 5.61. The quantitative estimate of drug-likeness (QED) is 0.634. The number of benzene rings is 1. The van der Waals surface area contributed by atoms with E-state index in [-0.39, 0.29) is 17.2 Å². The lowest BCUT2D eigenvalue weighted by atomic mass is 10.2. The number of rotatable bonds is 8. The van der Waals surface area contributed by atoms with E-state index < -0.39 is 10.0 Å². The molecule has 0 fully saturated rings. The summed E-state index contributed by atoms with van der Waals surface area (Å²) in [4.78, 5) is 4.04. The molecule has 0 aliphatic rings. The predicted molar refractivity (Wildman–Crippen MR) is 100 cm³/mol. The van der Waals surface area contributed by atoms with Gasteiger partial charge in [-0.1, -0.05) is 0 Å². The van der Waals surface area contributed by atoms with Gasteiger partial charge in [-0.3, -0.25) is 9.67 Å². The lowest BCUT2D eigenvalue weighted by Gasteiger charge is -2.12. The predicted octanol–water partition coefficient (Wildman–Crippen LogP) is 1.94. The Kier molecular flexibility index (Phi) is 5.72. The highest BCUT2D eigenvalue weighted by molar-refractivity contribution is 7.89. The molecule has 8 nitrogen and oxygen atoms in total. The van der Waals surface area contributed by atoms with E-state index in [2.05, 4.69) is 14.8 Å². The summed E-state index contributed by atoms with van der Waals surface area (Å²) in [6.07, 6.45) is 5.20. The van der Waals surface area contributed by atoms with Crippen LogP contribution in [-0.2, 0) is 16.6 Å². The number of methoxy groups -OCH3 is 2. The van der Waals surface area contributed by atoms with Crippen LogP contribution in [0.1, 0.15) is 0 Å². The third kappa shape index (κ3) is 4.44. The van der Waals surface area contributed by atoms with Crippen molar-refractivity contribution in [3.05, 3.63) is 55.0 Å². The Balaban J connectivity index is 1.66. The smallest absolute Gasteiger partial charge is 0.244 e. The van der Waals surface area contributed by atoms with E-state index in [1.807, 2.05) is 18.2 Å². The van der Waals surface area contributed by atoms with Crippen molar-refractivity contribution in [2.75, 3.05) is 20.8 Å². The molecule has 1 N–H and O–H groups in total. The van der Waals surface area contributed by atoms with Gasteiger partial charge in [0.05, 0.1) is 26.5 Å². The third-order valence-electron chi connectivity index (χ3n) is 3.91. The number of ether oxygens (including phenoxy) is 2. The number of nitrogens with zero attached hydrogens (tertiary/aromatic N) is 3. The van der Waals surface area contributed by atoms with E-state index in [0.717, 1.165) is 11.3 Å². The molecular formula is C18H20N4O4S. The van der Waals surface area contributed by atoms with Crippen molar-refractivity contribution in [3.8, 4) is 22.8 Å². The summed E-state index contributed by atoms with van der Waals surface area (Å²) in [6, 6.07) is 10.2. The Morgan fingerprint density at radius 2 is 1.85 bits per heavy atom. The monoisotopic (exact) mass is 388 g/mol. The molecule has 0 saturated carbocycles. The van der Waals surface area contributed by atoms with E-state index in [0.29, 0.717) is 12.3 Å². The zero-order valence-corrected chi connectivity index (χ0v) is 15.8. The van der Waals surface area contributed by atoms with Gasteiger partial charge >= 0.3 is 0 Å². The van der Waals surface area contributed by atoms with E-state index in [1.54, 1.807) is 29.3 Å². The second kappa shape index (κ2) is 8.19. The number of hydrogen-bond acceptors (Lipinski definition) is 6. The average molecular weight is 388 g/mol. The summed E-state index contributed by atoms with van der Waals surface area (Å²) in [7, 11) is -0.803. The van der Waals surface area contributed by atoms with Gasteiger partial charge in [-0.15, -0.1) is 0 Å². The first-order valence-corrected chi connectivity index (χ1v) is 9.67. The van der Waals surface area contributed by atoms with Gasteiger partial charge < -0.3 is 9.47 Å². The molecule has 1 aromatic carbocycles. The highest BCUT2D eigenvalue weighted by Crippen LogP contribution is 2.28. The Hall–Kier alpha value is -2.91. The molecule has 9 heteroatoms. The van der Waals surface area contributed by atoms with Crippen LogP contribution in [0, 0.1) is 0 Å². The lowest BCUT2D eigenvalue weighted by Crippen LogP contribution is -2.28. The fourth-order valence-corrected chi connectivity index (χ4v) is 3.70. The average Bonchev–Trinajstić information content (AvgIpc) is 3.17. The van der Waals surface area contributed by atoms with Crippen molar-refractivity contribution >= 4 is 10.0 Å². The van der Waals surface area contributed by atoms with E-state index >= 15 is 0 Å². The van der Waals surface area contributed by atoms with Crippen LogP contribution in [0.25, 0.3) is 11.3 Å². The molecule has 0 atom stereocenters. The van der Waals surface area contributed by atoms with Gasteiger partial charge in [0.15, 0.2) is 0 Å². The van der Waals surface area contributed by atoms with Gasteiger partial charge in [-0.05, 0) is 30.3 Å². The molecule has 0 spiro atoms. The van der Waals surface area contributed by atoms with Crippen molar-refractivity contribution in [3.63, 3.8) is 0 Å². The summed E-state index contributed by atoms with van der Waals surface area (Å²) in [5.74, 6) is 0.742. The summed E-state index contributed by atoms with van der Waals surface area (Å²) in [5, 5.41) is 4.44. The molecular weight excluding hydrogens is 368 g/mol. The molecule has 3 aromatic rings. The fraction of sp³-hybridized carbons (Fsp3) is 0.222. The maximum atomic E-state index is 12.6. The minimum absolute atomic E-state index is 0.0590. The molecule has 0 unspecified atom stereocenters. The van der Waals surface area contributed by atoms with Crippen LogP contribution in [0.15, 0.2) is 59.9 Å². The van der Waals surface area contributed by atoms with Crippen LogP contribution < -0.4 is 14.2 Å². The van der Waals surface area contributed by atoms with Crippen molar-refractivity contribution < 1.29 is 17.9 Å². The first kappa shape index (κ1) is 18.9. The molecule has 3 rings (SSSR count). The Morgan fingerprint density at radius 3 is 2.56 bits per heavy atom. The molecule has 142 valence electrons. The number of hydrogen-bond donors (Lipinski definition) is 1. The largest absolute Gasteiger partial charge is 0.497 e. The van der Waals surface area contributed by atoms with Crippen LogP contribution in [-0.4, -0.2) is 43.9 Å². The van der Waals surface area contributed by atoms with Crippen LogP contribution >= 0.6 is 0 Å². The van der Waals surface area contributed by atoms with Crippen molar-refractivity contribution in [2.24, 2.45) is 0 Å². The number of pyridine rings is 1.